The van der Waals surface area contributed by atoms with Crippen LogP contribution in [0.4, 0.5) is 10.5 Å². The first kappa shape index (κ1) is 13.0. The highest BCUT2D eigenvalue weighted by molar-refractivity contribution is 5.95. The second-order valence-electron chi connectivity index (χ2n) is 5.66. The Morgan fingerprint density at radius 1 is 1.40 bits per heavy atom. The van der Waals surface area contributed by atoms with Gasteiger partial charge in [0.05, 0.1) is 5.56 Å². The Morgan fingerprint density at radius 2 is 2.15 bits per heavy atom. The van der Waals surface area contributed by atoms with Gasteiger partial charge in [0.2, 0.25) is 0 Å². The Kier molecular flexibility index (Phi) is 3.12. The number of rotatable bonds is 3. The van der Waals surface area contributed by atoms with Crippen LogP contribution in [0.25, 0.3) is 0 Å². The summed E-state index contributed by atoms with van der Waals surface area (Å²) in [7, 11) is 1.84. The lowest BCUT2D eigenvalue weighted by Gasteiger charge is -2.25. The first-order chi connectivity index (χ1) is 9.56. The smallest absolute Gasteiger partial charge is 0.335 e. The summed E-state index contributed by atoms with van der Waals surface area (Å²) >= 11 is 0. The zero-order valence-corrected chi connectivity index (χ0v) is 11.5. The van der Waals surface area contributed by atoms with E-state index in [2.05, 4.69) is 0 Å². The summed E-state index contributed by atoms with van der Waals surface area (Å²) < 4.78 is 0. The second-order valence-corrected chi connectivity index (χ2v) is 5.66. The number of hydrogen-bond donors (Lipinski definition) is 1. The van der Waals surface area contributed by atoms with Crippen LogP contribution in [0.3, 0.4) is 0 Å². The molecule has 0 saturated heterocycles. The highest BCUT2D eigenvalue weighted by atomic mass is 16.4. The lowest BCUT2D eigenvalue weighted by Crippen LogP contribution is -2.41. The van der Waals surface area contributed by atoms with Gasteiger partial charge in [0.1, 0.15) is 0 Å². The minimum Gasteiger partial charge on any atom is -0.478 e. The summed E-state index contributed by atoms with van der Waals surface area (Å²) in [4.78, 5) is 26.9. The van der Waals surface area contributed by atoms with Gasteiger partial charge in [0.15, 0.2) is 0 Å². The summed E-state index contributed by atoms with van der Waals surface area (Å²) in [6.07, 6.45) is 3.16. The van der Waals surface area contributed by atoms with Gasteiger partial charge in [-0.25, -0.2) is 9.59 Å². The second kappa shape index (κ2) is 4.81. The predicted octanol–water partition coefficient (Wildman–Crippen LogP) is 2.21. The van der Waals surface area contributed by atoms with Crippen molar-refractivity contribution in [3.05, 3.63) is 29.3 Å². The third-order valence-electron chi connectivity index (χ3n) is 4.01. The Labute approximate surface area is 117 Å². The molecule has 0 radical (unpaired) electrons. The van der Waals surface area contributed by atoms with Gasteiger partial charge in [-0.05, 0) is 48.9 Å². The number of carbonyl (C=O) groups excluding carboxylic acids is 1. The van der Waals surface area contributed by atoms with Crippen LogP contribution in [0.1, 0.15) is 28.8 Å². The summed E-state index contributed by atoms with van der Waals surface area (Å²) in [5, 5.41) is 9.00. The molecule has 1 saturated carbocycles. The summed E-state index contributed by atoms with van der Waals surface area (Å²) in [5.41, 5.74) is 2.07. The van der Waals surface area contributed by atoms with E-state index in [4.69, 9.17) is 5.11 Å². The van der Waals surface area contributed by atoms with Crippen molar-refractivity contribution < 1.29 is 14.7 Å². The van der Waals surface area contributed by atoms with Crippen molar-refractivity contribution in [2.24, 2.45) is 5.92 Å². The largest absolute Gasteiger partial charge is 0.478 e. The third-order valence-corrected chi connectivity index (χ3v) is 4.01. The molecule has 106 valence electrons. The van der Waals surface area contributed by atoms with E-state index in [-0.39, 0.29) is 11.6 Å². The van der Waals surface area contributed by atoms with E-state index in [9.17, 15) is 9.59 Å². The molecule has 1 aliphatic carbocycles. The van der Waals surface area contributed by atoms with Gasteiger partial charge in [0.25, 0.3) is 0 Å². The monoisotopic (exact) mass is 274 g/mol. The topological polar surface area (TPSA) is 60.9 Å². The number of anilines is 1. The van der Waals surface area contributed by atoms with Crippen molar-refractivity contribution in [2.45, 2.75) is 19.3 Å². The van der Waals surface area contributed by atoms with E-state index in [1.54, 1.807) is 28.0 Å². The third kappa shape index (κ3) is 2.35. The van der Waals surface area contributed by atoms with Crippen molar-refractivity contribution in [3.63, 3.8) is 0 Å². The van der Waals surface area contributed by atoms with Gasteiger partial charge in [-0.3, -0.25) is 4.90 Å². The number of carboxylic acid groups (broad SMARTS) is 1. The van der Waals surface area contributed by atoms with E-state index < -0.39 is 5.97 Å². The molecule has 5 heteroatoms. The van der Waals surface area contributed by atoms with Crippen LogP contribution in [-0.4, -0.2) is 42.1 Å². The van der Waals surface area contributed by atoms with Crippen molar-refractivity contribution >= 4 is 17.7 Å². The highest BCUT2D eigenvalue weighted by Gasteiger charge is 2.30. The van der Waals surface area contributed by atoms with Gasteiger partial charge in [0, 0.05) is 25.8 Å². The number of fused-ring (bicyclic) bond motifs is 1. The molecule has 1 aromatic rings. The van der Waals surface area contributed by atoms with Gasteiger partial charge in [-0.2, -0.15) is 0 Å². The Morgan fingerprint density at radius 3 is 2.80 bits per heavy atom. The van der Waals surface area contributed by atoms with E-state index in [0.29, 0.717) is 12.5 Å². The molecule has 5 nitrogen and oxygen atoms in total. The quantitative estimate of drug-likeness (QED) is 0.919. The maximum absolute atomic E-state index is 12.4. The normalized spacial score (nSPS) is 16.9. The molecule has 3 rings (SSSR count). The number of hydrogen-bond acceptors (Lipinski definition) is 2. The van der Waals surface area contributed by atoms with Gasteiger partial charge in [-0.1, -0.05) is 0 Å². The van der Waals surface area contributed by atoms with Gasteiger partial charge < -0.3 is 10.0 Å². The molecule has 0 atom stereocenters. The molecular weight excluding hydrogens is 256 g/mol. The van der Waals surface area contributed by atoms with E-state index in [1.165, 1.54) is 12.8 Å². The van der Waals surface area contributed by atoms with Crippen LogP contribution in [0, 0.1) is 5.92 Å². The van der Waals surface area contributed by atoms with Crippen LogP contribution >= 0.6 is 0 Å². The number of carbonyl (C=O) groups is 2. The average Bonchev–Trinajstić information content (AvgIpc) is 3.14. The molecule has 0 aromatic heterocycles. The van der Waals surface area contributed by atoms with Crippen LogP contribution in [-0.2, 0) is 6.42 Å². The Bertz CT molecular complexity index is 566. The fourth-order valence-corrected chi connectivity index (χ4v) is 2.71. The summed E-state index contributed by atoms with van der Waals surface area (Å²) in [5.74, 6) is -0.260. The number of urea groups is 1. The Balaban J connectivity index is 1.78. The molecule has 1 fully saturated rings. The number of carboxylic acids is 1. The maximum atomic E-state index is 12.4. The molecule has 2 amide bonds. The summed E-state index contributed by atoms with van der Waals surface area (Å²) in [6.45, 7) is 1.45. The predicted molar refractivity (Wildman–Crippen MR) is 75.2 cm³/mol. The number of amides is 2. The molecule has 2 aliphatic rings. The molecule has 1 aromatic carbocycles. The average molecular weight is 274 g/mol. The minimum atomic E-state index is -0.927. The van der Waals surface area contributed by atoms with Crippen LogP contribution in [0.5, 0.6) is 0 Å². The zero-order chi connectivity index (χ0) is 14.3. The summed E-state index contributed by atoms with van der Waals surface area (Å²) in [6, 6.07) is 4.99. The van der Waals surface area contributed by atoms with E-state index in [1.807, 2.05) is 7.05 Å². The van der Waals surface area contributed by atoms with Crippen molar-refractivity contribution in [1.82, 2.24) is 4.90 Å². The van der Waals surface area contributed by atoms with Crippen molar-refractivity contribution in [1.29, 1.82) is 0 Å². The number of benzene rings is 1. The molecule has 1 N–H and O–H groups in total. The number of aromatic carboxylic acids is 1. The van der Waals surface area contributed by atoms with E-state index >= 15 is 0 Å². The van der Waals surface area contributed by atoms with Crippen molar-refractivity contribution in [3.8, 4) is 0 Å². The Hall–Kier alpha value is -2.04. The van der Waals surface area contributed by atoms with Crippen LogP contribution in [0.2, 0.25) is 0 Å². The lowest BCUT2D eigenvalue weighted by atomic mass is 10.1. The van der Waals surface area contributed by atoms with Gasteiger partial charge >= 0.3 is 12.0 Å². The molecule has 1 aliphatic heterocycles. The molecule has 0 unspecified atom stereocenters. The standard InChI is InChI=1S/C15H18N2O3/c1-16(9-10-2-3-10)15(20)17-7-6-11-8-12(14(18)19)4-5-13(11)17/h4-5,8,10H,2-3,6-7,9H2,1H3,(H,18,19). The SMILES string of the molecule is CN(CC1CC1)C(=O)N1CCc2cc(C(=O)O)ccc21. The highest BCUT2D eigenvalue weighted by Crippen LogP contribution is 2.32. The minimum absolute atomic E-state index is 0.0127. The van der Waals surface area contributed by atoms with Gasteiger partial charge in [-0.15, -0.1) is 0 Å². The molecule has 0 spiro atoms. The first-order valence-electron chi connectivity index (χ1n) is 6.95. The lowest BCUT2D eigenvalue weighted by molar-refractivity contribution is 0.0697. The first-order valence-corrected chi connectivity index (χ1v) is 6.95. The fraction of sp³-hybridized carbons (Fsp3) is 0.467. The molecule has 20 heavy (non-hydrogen) atoms. The van der Waals surface area contributed by atoms with E-state index in [0.717, 1.165) is 24.2 Å². The zero-order valence-electron chi connectivity index (χ0n) is 11.5. The molecular formula is C15H18N2O3. The molecule has 1 heterocycles. The van der Waals surface area contributed by atoms with Crippen molar-refractivity contribution in [2.75, 3.05) is 25.0 Å². The van der Waals surface area contributed by atoms with Crippen LogP contribution < -0.4 is 4.90 Å². The fourth-order valence-electron chi connectivity index (χ4n) is 2.71. The molecule has 0 bridgehead atoms. The maximum Gasteiger partial charge on any atom is 0.335 e. The van der Waals surface area contributed by atoms with Crippen LogP contribution in [0.15, 0.2) is 18.2 Å². The number of nitrogens with zero attached hydrogens (tertiary/aromatic N) is 2.